The Bertz CT molecular complexity index is 1270. The SMILES string of the molecule is CC(=O)N1CCC(c2cc(N=C(N)c3ccccc3N)nc(-c3ccccc3C(F)(F)F)n2)CC1. The topological polar surface area (TPSA) is 110 Å². The molecule has 0 spiro atoms. The molecule has 1 amide bonds. The van der Waals surface area contributed by atoms with Gasteiger partial charge >= 0.3 is 6.18 Å². The monoisotopic (exact) mass is 482 g/mol. The average Bonchev–Trinajstić information content (AvgIpc) is 2.83. The molecule has 4 N–H and O–H groups in total. The molecular formula is C25H25F3N6O. The predicted molar refractivity (Wildman–Crippen MR) is 128 cm³/mol. The lowest BCUT2D eigenvalue weighted by atomic mass is 9.93. The summed E-state index contributed by atoms with van der Waals surface area (Å²) in [5.74, 6) is 0.0646. The fraction of sp³-hybridized carbons (Fsp3) is 0.280. The molecule has 0 unspecified atom stereocenters. The number of rotatable bonds is 4. The number of nitrogens with two attached hydrogens (primary N) is 2. The summed E-state index contributed by atoms with van der Waals surface area (Å²) in [6.45, 7) is 2.60. The highest BCUT2D eigenvalue weighted by molar-refractivity contribution is 6.03. The number of hydrogen-bond acceptors (Lipinski definition) is 5. The zero-order chi connectivity index (χ0) is 25.2. The Morgan fingerprint density at radius 3 is 2.37 bits per heavy atom. The van der Waals surface area contributed by atoms with Crippen LogP contribution in [0.15, 0.2) is 59.6 Å². The van der Waals surface area contributed by atoms with Gasteiger partial charge in [0.15, 0.2) is 11.6 Å². The molecule has 2 aromatic carbocycles. The highest BCUT2D eigenvalue weighted by Gasteiger charge is 2.34. The van der Waals surface area contributed by atoms with Gasteiger partial charge in [0.1, 0.15) is 5.84 Å². The molecule has 3 aromatic rings. The second kappa shape index (κ2) is 9.73. The van der Waals surface area contributed by atoms with Gasteiger partial charge in [0.2, 0.25) is 5.91 Å². The van der Waals surface area contributed by atoms with Crippen molar-refractivity contribution in [2.24, 2.45) is 10.7 Å². The first kappa shape index (κ1) is 24.2. The van der Waals surface area contributed by atoms with Gasteiger partial charge in [-0.2, -0.15) is 13.2 Å². The molecule has 4 rings (SSSR count). The Labute approximate surface area is 200 Å². The van der Waals surface area contributed by atoms with Crippen molar-refractivity contribution in [2.75, 3.05) is 18.8 Å². The van der Waals surface area contributed by atoms with E-state index in [-0.39, 0.29) is 34.9 Å². The van der Waals surface area contributed by atoms with E-state index in [2.05, 4.69) is 15.0 Å². The van der Waals surface area contributed by atoms with Gasteiger partial charge in [-0.25, -0.2) is 15.0 Å². The van der Waals surface area contributed by atoms with Crippen LogP contribution in [0.2, 0.25) is 0 Å². The maximum atomic E-state index is 13.7. The quantitative estimate of drug-likeness (QED) is 0.323. The van der Waals surface area contributed by atoms with Gasteiger partial charge < -0.3 is 16.4 Å². The van der Waals surface area contributed by atoms with Crippen molar-refractivity contribution < 1.29 is 18.0 Å². The molecule has 1 saturated heterocycles. The Kier molecular flexibility index (Phi) is 6.72. The fourth-order valence-corrected chi connectivity index (χ4v) is 4.17. The molecule has 0 radical (unpaired) electrons. The number of alkyl halides is 3. The van der Waals surface area contributed by atoms with Crippen molar-refractivity contribution in [3.05, 3.63) is 71.4 Å². The van der Waals surface area contributed by atoms with Gasteiger partial charge in [-0.05, 0) is 31.0 Å². The number of nitrogens with zero attached hydrogens (tertiary/aromatic N) is 4. The van der Waals surface area contributed by atoms with Crippen LogP contribution in [0.4, 0.5) is 24.7 Å². The van der Waals surface area contributed by atoms with Gasteiger partial charge in [-0.15, -0.1) is 0 Å². The number of nitrogen functional groups attached to an aromatic ring is 1. The van der Waals surface area contributed by atoms with Gasteiger partial charge in [0.25, 0.3) is 0 Å². The maximum Gasteiger partial charge on any atom is 0.417 e. The van der Waals surface area contributed by atoms with E-state index in [9.17, 15) is 18.0 Å². The third-order valence-corrected chi connectivity index (χ3v) is 6.04. The minimum atomic E-state index is -4.58. The summed E-state index contributed by atoms with van der Waals surface area (Å²) in [7, 11) is 0. The first-order valence-corrected chi connectivity index (χ1v) is 11.1. The van der Waals surface area contributed by atoms with Gasteiger partial charge in [-0.1, -0.05) is 30.3 Å². The molecular weight excluding hydrogens is 457 g/mol. The Hall–Kier alpha value is -3.95. The number of amides is 1. The number of benzene rings is 2. The summed E-state index contributed by atoms with van der Waals surface area (Å²) >= 11 is 0. The van der Waals surface area contributed by atoms with Gasteiger partial charge in [-0.3, -0.25) is 4.79 Å². The lowest BCUT2D eigenvalue weighted by Gasteiger charge is -2.31. The number of likely N-dealkylation sites (tertiary alicyclic amines) is 1. The normalized spacial score (nSPS) is 15.3. The number of anilines is 1. The molecule has 0 bridgehead atoms. The summed E-state index contributed by atoms with van der Waals surface area (Å²) in [6.07, 6.45) is -3.33. The van der Waals surface area contributed by atoms with Crippen molar-refractivity contribution in [1.29, 1.82) is 0 Å². The molecule has 10 heteroatoms. The molecule has 0 saturated carbocycles. The predicted octanol–water partition coefficient (Wildman–Crippen LogP) is 4.51. The molecule has 2 heterocycles. The number of piperidine rings is 1. The van der Waals surface area contributed by atoms with E-state index in [4.69, 9.17) is 11.5 Å². The van der Waals surface area contributed by atoms with Gasteiger partial charge in [0.05, 0.1) is 5.56 Å². The summed E-state index contributed by atoms with van der Waals surface area (Å²) in [6, 6.07) is 13.7. The van der Waals surface area contributed by atoms with Crippen LogP contribution in [0.5, 0.6) is 0 Å². The van der Waals surface area contributed by atoms with Crippen LogP contribution in [0.3, 0.4) is 0 Å². The van der Waals surface area contributed by atoms with E-state index in [1.165, 1.54) is 25.1 Å². The zero-order valence-corrected chi connectivity index (χ0v) is 19.1. The first-order chi connectivity index (χ1) is 16.6. The highest BCUT2D eigenvalue weighted by Crippen LogP contribution is 2.37. The summed E-state index contributed by atoms with van der Waals surface area (Å²) < 4.78 is 41.2. The smallest absolute Gasteiger partial charge is 0.398 e. The number of amidine groups is 1. The summed E-state index contributed by atoms with van der Waals surface area (Å²) in [5.41, 5.74) is 12.7. The molecule has 1 fully saturated rings. The van der Waals surface area contributed by atoms with Crippen molar-refractivity contribution in [2.45, 2.75) is 31.9 Å². The average molecular weight is 483 g/mol. The number of hydrogen-bond donors (Lipinski definition) is 2. The minimum Gasteiger partial charge on any atom is -0.398 e. The molecule has 0 atom stereocenters. The molecule has 35 heavy (non-hydrogen) atoms. The molecule has 1 aromatic heterocycles. The van der Waals surface area contributed by atoms with Crippen LogP contribution in [0.1, 0.15) is 42.5 Å². The highest BCUT2D eigenvalue weighted by atomic mass is 19.4. The Morgan fingerprint density at radius 2 is 1.71 bits per heavy atom. The van der Waals surface area contributed by atoms with Crippen LogP contribution in [-0.4, -0.2) is 39.7 Å². The van der Waals surface area contributed by atoms with E-state index in [1.807, 2.05) is 0 Å². The molecule has 1 aliphatic heterocycles. The number of aromatic nitrogens is 2. The van der Waals surface area contributed by atoms with Crippen LogP contribution in [0.25, 0.3) is 11.4 Å². The minimum absolute atomic E-state index is 0.00977. The standard InChI is InChI=1S/C25H25F3N6O/c1-15(35)34-12-10-16(11-13-34)21-14-22(32-23(30)18-7-3-5-9-20(18)29)33-24(31-21)17-6-2-4-8-19(17)25(26,27)28/h2-9,14,16H,10-13,29H2,1H3,(H2,30,31,32,33). The van der Waals surface area contributed by atoms with Crippen LogP contribution in [-0.2, 0) is 11.0 Å². The van der Waals surface area contributed by atoms with E-state index in [1.54, 1.807) is 35.2 Å². The van der Waals surface area contributed by atoms with Crippen molar-refractivity contribution in [1.82, 2.24) is 14.9 Å². The molecule has 0 aliphatic carbocycles. The molecule has 7 nitrogen and oxygen atoms in total. The number of carbonyl (C=O) groups excluding carboxylic acids is 1. The lowest BCUT2D eigenvalue weighted by Crippen LogP contribution is -2.36. The lowest BCUT2D eigenvalue weighted by molar-refractivity contribution is -0.137. The number of carbonyl (C=O) groups is 1. The third kappa shape index (κ3) is 5.42. The fourth-order valence-electron chi connectivity index (χ4n) is 4.17. The maximum absolute atomic E-state index is 13.7. The van der Waals surface area contributed by atoms with E-state index in [0.717, 1.165) is 6.07 Å². The van der Waals surface area contributed by atoms with Crippen molar-refractivity contribution in [3.63, 3.8) is 0 Å². The van der Waals surface area contributed by atoms with E-state index < -0.39 is 11.7 Å². The molecule has 1 aliphatic rings. The zero-order valence-electron chi connectivity index (χ0n) is 19.1. The summed E-state index contributed by atoms with van der Waals surface area (Å²) in [5, 5.41) is 0. The van der Waals surface area contributed by atoms with Crippen molar-refractivity contribution >= 4 is 23.2 Å². The van der Waals surface area contributed by atoms with E-state index in [0.29, 0.717) is 42.9 Å². The number of halogens is 3. The van der Waals surface area contributed by atoms with Crippen LogP contribution >= 0.6 is 0 Å². The Balaban J connectivity index is 1.81. The number of para-hydroxylation sites is 1. The largest absolute Gasteiger partial charge is 0.417 e. The van der Waals surface area contributed by atoms with Crippen LogP contribution < -0.4 is 11.5 Å². The second-order valence-corrected chi connectivity index (χ2v) is 8.38. The number of aliphatic imine (C=N–C) groups is 1. The summed E-state index contributed by atoms with van der Waals surface area (Å²) in [4.78, 5) is 26.7. The molecule has 182 valence electrons. The Morgan fingerprint density at radius 1 is 1.06 bits per heavy atom. The van der Waals surface area contributed by atoms with Crippen molar-refractivity contribution in [3.8, 4) is 11.4 Å². The third-order valence-electron chi connectivity index (χ3n) is 6.04. The first-order valence-electron chi connectivity index (χ1n) is 11.1. The second-order valence-electron chi connectivity index (χ2n) is 8.38. The van der Waals surface area contributed by atoms with Gasteiger partial charge in [0, 0.05) is 54.5 Å². The van der Waals surface area contributed by atoms with Crippen LogP contribution in [0, 0.1) is 0 Å². The van der Waals surface area contributed by atoms with E-state index >= 15 is 0 Å².